The van der Waals surface area contributed by atoms with E-state index in [0.717, 1.165) is 23.4 Å². The number of hydrogen-bond acceptors (Lipinski definition) is 5. The molecule has 2 aromatic heterocycles. The highest BCUT2D eigenvalue weighted by molar-refractivity contribution is 5.94. The fraction of sp³-hybridized carbons (Fsp3) is 0.304. The van der Waals surface area contributed by atoms with Crippen LogP contribution in [0.2, 0.25) is 0 Å². The fourth-order valence-corrected chi connectivity index (χ4v) is 4.69. The number of pyridine rings is 1. The van der Waals surface area contributed by atoms with Gasteiger partial charge in [0, 0.05) is 54.8 Å². The van der Waals surface area contributed by atoms with Gasteiger partial charge in [0.2, 0.25) is 0 Å². The van der Waals surface area contributed by atoms with Crippen molar-refractivity contribution in [2.45, 2.75) is 18.9 Å². The maximum absolute atomic E-state index is 13.2. The first-order valence-corrected chi connectivity index (χ1v) is 10.1. The molecule has 30 heavy (non-hydrogen) atoms. The summed E-state index contributed by atoms with van der Waals surface area (Å²) in [6.07, 6.45) is 5.78. The van der Waals surface area contributed by atoms with Gasteiger partial charge < -0.3 is 14.2 Å². The monoisotopic (exact) mass is 402 g/mol. The number of methoxy groups -OCH3 is 1. The van der Waals surface area contributed by atoms with Crippen molar-refractivity contribution in [3.05, 3.63) is 76.7 Å². The molecular weight excluding hydrogens is 380 g/mol. The van der Waals surface area contributed by atoms with Gasteiger partial charge >= 0.3 is 0 Å². The van der Waals surface area contributed by atoms with Crippen molar-refractivity contribution in [3.63, 3.8) is 0 Å². The number of rotatable bonds is 3. The van der Waals surface area contributed by atoms with Gasteiger partial charge in [-0.1, -0.05) is 0 Å². The van der Waals surface area contributed by atoms with Crippen LogP contribution in [0.3, 0.4) is 0 Å². The minimum absolute atomic E-state index is 0.00747. The Labute approximate surface area is 174 Å². The molecule has 2 bridgehead atoms. The number of carbonyl (C=O) groups excluding carboxylic acids is 1. The Hall–Kier alpha value is -3.48. The van der Waals surface area contributed by atoms with E-state index in [1.165, 1.54) is 6.33 Å². The van der Waals surface area contributed by atoms with Crippen LogP contribution in [0.1, 0.15) is 28.4 Å². The summed E-state index contributed by atoms with van der Waals surface area (Å²) in [6.45, 7) is 1.90. The first-order valence-electron chi connectivity index (χ1n) is 10.1. The Bertz CT molecular complexity index is 1140. The minimum atomic E-state index is -0.00747. The van der Waals surface area contributed by atoms with Crippen molar-refractivity contribution in [1.82, 2.24) is 19.4 Å². The summed E-state index contributed by atoms with van der Waals surface area (Å²) in [7, 11) is 1.61. The molecule has 3 aromatic rings. The highest BCUT2D eigenvalue weighted by atomic mass is 16.5. The lowest BCUT2D eigenvalue weighted by atomic mass is 9.82. The second-order valence-electron chi connectivity index (χ2n) is 7.95. The van der Waals surface area contributed by atoms with Crippen molar-refractivity contribution in [3.8, 4) is 16.9 Å². The molecule has 2 aliphatic heterocycles. The number of piperidine rings is 1. The van der Waals surface area contributed by atoms with Crippen LogP contribution in [0.25, 0.3) is 11.1 Å². The third-order valence-electron chi connectivity index (χ3n) is 6.10. The SMILES string of the molecule is COc1ccc(C(=O)N2C[C@H]3C[C@H](C2)c2ccc(-c4cncnc4)c(=O)n2C3)cc1. The molecule has 0 spiro atoms. The van der Waals surface area contributed by atoms with Crippen LogP contribution in [-0.4, -0.2) is 45.5 Å². The Morgan fingerprint density at radius 1 is 1.03 bits per heavy atom. The summed E-state index contributed by atoms with van der Waals surface area (Å²) in [6, 6.07) is 11.1. The Morgan fingerprint density at radius 2 is 1.80 bits per heavy atom. The molecule has 7 nitrogen and oxygen atoms in total. The van der Waals surface area contributed by atoms with Gasteiger partial charge in [0.25, 0.3) is 11.5 Å². The van der Waals surface area contributed by atoms with Crippen molar-refractivity contribution in [2.75, 3.05) is 20.2 Å². The summed E-state index contributed by atoms with van der Waals surface area (Å²) in [5.74, 6) is 1.18. The summed E-state index contributed by atoms with van der Waals surface area (Å²) >= 11 is 0. The predicted molar refractivity (Wildman–Crippen MR) is 111 cm³/mol. The van der Waals surface area contributed by atoms with E-state index in [1.807, 2.05) is 33.7 Å². The topological polar surface area (TPSA) is 77.3 Å². The number of hydrogen-bond donors (Lipinski definition) is 0. The van der Waals surface area contributed by atoms with Crippen LogP contribution >= 0.6 is 0 Å². The fourth-order valence-electron chi connectivity index (χ4n) is 4.69. The molecule has 1 aromatic carbocycles. The second kappa shape index (κ2) is 7.40. The zero-order chi connectivity index (χ0) is 20.7. The lowest BCUT2D eigenvalue weighted by Gasteiger charge is -2.43. The largest absolute Gasteiger partial charge is 0.497 e. The van der Waals surface area contributed by atoms with Gasteiger partial charge in [0.1, 0.15) is 12.1 Å². The number of ether oxygens (including phenoxy) is 1. The molecule has 0 saturated carbocycles. The average molecular weight is 402 g/mol. The molecule has 1 amide bonds. The molecule has 152 valence electrons. The van der Waals surface area contributed by atoms with Crippen LogP contribution in [0.15, 0.2) is 59.9 Å². The maximum atomic E-state index is 13.2. The summed E-state index contributed by atoms with van der Waals surface area (Å²) in [4.78, 5) is 36.2. The lowest BCUT2D eigenvalue weighted by molar-refractivity contribution is 0.0594. The number of fused-ring (bicyclic) bond motifs is 4. The predicted octanol–water partition coefficient (Wildman–Crippen LogP) is 2.57. The van der Waals surface area contributed by atoms with E-state index in [0.29, 0.717) is 30.8 Å². The molecule has 0 unspecified atom stereocenters. The highest BCUT2D eigenvalue weighted by Gasteiger charge is 2.37. The Balaban J connectivity index is 1.43. The van der Waals surface area contributed by atoms with Crippen LogP contribution in [0, 0.1) is 5.92 Å². The molecule has 0 aliphatic carbocycles. The van der Waals surface area contributed by atoms with E-state index in [-0.39, 0.29) is 23.3 Å². The zero-order valence-electron chi connectivity index (χ0n) is 16.7. The number of benzene rings is 1. The Kier molecular flexibility index (Phi) is 4.58. The summed E-state index contributed by atoms with van der Waals surface area (Å²) in [5.41, 5.74) is 3.00. The van der Waals surface area contributed by atoms with E-state index in [1.54, 1.807) is 31.6 Å². The molecule has 7 heteroatoms. The van der Waals surface area contributed by atoms with E-state index < -0.39 is 0 Å². The van der Waals surface area contributed by atoms with Gasteiger partial charge in [0.05, 0.1) is 12.7 Å². The molecule has 5 rings (SSSR count). The summed E-state index contributed by atoms with van der Waals surface area (Å²) in [5, 5.41) is 0. The molecule has 0 radical (unpaired) electrons. The molecule has 2 atom stereocenters. The van der Waals surface area contributed by atoms with Crippen LogP contribution < -0.4 is 10.3 Å². The van der Waals surface area contributed by atoms with Gasteiger partial charge in [0.15, 0.2) is 0 Å². The number of amides is 1. The smallest absolute Gasteiger partial charge is 0.258 e. The molecular formula is C23H22N4O3. The normalized spacial score (nSPS) is 19.8. The van der Waals surface area contributed by atoms with Crippen molar-refractivity contribution in [2.24, 2.45) is 5.92 Å². The van der Waals surface area contributed by atoms with Gasteiger partial charge in [-0.25, -0.2) is 9.97 Å². The van der Waals surface area contributed by atoms with Crippen LogP contribution in [0.5, 0.6) is 5.75 Å². The highest BCUT2D eigenvalue weighted by Crippen LogP contribution is 2.36. The zero-order valence-corrected chi connectivity index (χ0v) is 16.7. The first-order chi connectivity index (χ1) is 14.6. The number of carbonyl (C=O) groups is 1. The lowest BCUT2D eigenvalue weighted by Crippen LogP contribution is -2.49. The quantitative estimate of drug-likeness (QED) is 0.673. The molecule has 1 fully saturated rings. The summed E-state index contributed by atoms with van der Waals surface area (Å²) < 4.78 is 7.07. The van der Waals surface area contributed by atoms with Gasteiger partial charge in [-0.15, -0.1) is 0 Å². The minimum Gasteiger partial charge on any atom is -0.497 e. The van der Waals surface area contributed by atoms with Crippen LogP contribution in [-0.2, 0) is 6.54 Å². The number of nitrogens with zero attached hydrogens (tertiary/aromatic N) is 4. The van der Waals surface area contributed by atoms with Gasteiger partial charge in [-0.05, 0) is 48.7 Å². The molecule has 4 heterocycles. The van der Waals surface area contributed by atoms with Crippen molar-refractivity contribution < 1.29 is 9.53 Å². The Morgan fingerprint density at radius 3 is 2.53 bits per heavy atom. The standard InChI is InChI=1S/C23H22N4O3/c1-30-19-4-2-16(3-5-19)22(28)26-11-15-8-17(13-26)21-7-6-20(23(29)27(21)12-15)18-9-24-14-25-10-18/h2-7,9-10,14-15,17H,8,11-13H2,1H3/t15-,17-/m1/s1. The molecule has 1 saturated heterocycles. The molecule has 2 aliphatic rings. The van der Waals surface area contributed by atoms with Gasteiger partial charge in [-0.3, -0.25) is 9.59 Å². The van der Waals surface area contributed by atoms with Crippen molar-refractivity contribution in [1.29, 1.82) is 0 Å². The number of aromatic nitrogens is 3. The second-order valence-corrected chi connectivity index (χ2v) is 7.95. The first kappa shape index (κ1) is 18.5. The maximum Gasteiger partial charge on any atom is 0.258 e. The third-order valence-corrected chi connectivity index (χ3v) is 6.10. The van der Waals surface area contributed by atoms with E-state index >= 15 is 0 Å². The average Bonchev–Trinajstić information content (AvgIpc) is 2.80. The van der Waals surface area contributed by atoms with Crippen LogP contribution in [0.4, 0.5) is 0 Å². The third kappa shape index (κ3) is 3.16. The van der Waals surface area contributed by atoms with E-state index in [9.17, 15) is 9.59 Å². The number of likely N-dealkylation sites (tertiary alicyclic amines) is 1. The molecule has 0 N–H and O–H groups in total. The van der Waals surface area contributed by atoms with E-state index in [4.69, 9.17) is 4.74 Å². The van der Waals surface area contributed by atoms with Gasteiger partial charge in [-0.2, -0.15) is 0 Å². The van der Waals surface area contributed by atoms with E-state index in [2.05, 4.69) is 9.97 Å². The van der Waals surface area contributed by atoms with Crippen molar-refractivity contribution >= 4 is 5.91 Å².